The maximum absolute atomic E-state index is 11.7. The molecule has 1 fully saturated rings. The van der Waals surface area contributed by atoms with Crippen molar-refractivity contribution in [2.24, 2.45) is 5.92 Å². The number of pyridine rings is 1. The van der Waals surface area contributed by atoms with Crippen LogP contribution in [0.4, 0.5) is 10.5 Å². The van der Waals surface area contributed by atoms with Crippen molar-refractivity contribution in [3.63, 3.8) is 0 Å². The highest BCUT2D eigenvalue weighted by Gasteiger charge is 2.28. The molecule has 1 aliphatic heterocycles. The molecule has 7 nitrogen and oxygen atoms in total. The predicted octanol–water partition coefficient (Wildman–Crippen LogP) is 3.60. The predicted molar refractivity (Wildman–Crippen MR) is 109 cm³/mol. The van der Waals surface area contributed by atoms with Gasteiger partial charge in [-0.05, 0) is 45.2 Å². The Balaban J connectivity index is 1.58. The molecule has 1 aliphatic rings. The molecule has 1 N–H and O–H groups in total. The Kier molecular flexibility index (Phi) is 5.82. The van der Waals surface area contributed by atoms with Gasteiger partial charge < -0.3 is 24.4 Å². The molecular weight excluding hydrogens is 358 g/mol. The van der Waals surface area contributed by atoms with Crippen molar-refractivity contribution >= 4 is 22.7 Å². The van der Waals surface area contributed by atoms with Gasteiger partial charge in [0.05, 0.1) is 19.7 Å². The molecule has 0 bridgehead atoms. The van der Waals surface area contributed by atoms with Gasteiger partial charge in [-0.25, -0.2) is 4.79 Å². The van der Waals surface area contributed by atoms with E-state index >= 15 is 0 Å². The fraction of sp³-hybridized carbons (Fsp3) is 0.524. The van der Waals surface area contributed by atoms with Crippen LogP contribution in [-0.2, 0) is 4.74 Å². The first-order chi connectivity index (χ1) is 13.3. The van der Waals surface area contributed by atoms with Crippen LogP contribution in [0.1, 0.15) is 27.2 Å². The molecule has 28 heavy (non-hydrogen) atoms. The largest absolute Gasteiger partial charge is 0.493 e. The number of carbonyl (C=O) groups excluding carboxylic acids is 1. The first-order valence-corrected chi connectivity index (χ1v) is 9.53. The molecule has 2 aromatic rings. The number of carbonyl (C=O) groups is 1. The molecule has 0 unspecified atom stereocenters. The average molecular weight is 387 g/mol. The summed E-state index contributed by atoms with van der Waals surface area (Å²) in [6.07, 6.45) is 2.39. The molecule has 7 heteroatoms. The second-order valence-electron chi connectivity index (χ2n) is 8.04. The summed E-state index contributed by atoms with van der Waals surface area (Å²) in [5, 5.41) is 3.88. The van der Waals surface area contributed by atoms with Crippen molar-refractivity contribution in [2.45, 2.75) is 32.8 Å². The van der Waals surface area contributed by atoms with Crippen LogP contribution >= 0.6 is 0 Å². The average Bonchev–Trinajstić information content (AvgIpc) is 2.60. The van der Waals surface area contributed by atoms with Gasteiger partial charge >= 0.3 is 6.09 Å². The van der Waals surface area contributed by atoms with Gasteiger partial charge in [0.1, 0.15) is 5.60 Å². The minimum absolute atomic E-state index is 0.357. The Morgan fingerprint density at radius 3 is 2.54 bits per heavy atom. The Bertz CT molecular complexity index is 841. The number of ether oxygens (including phenoxy) is 3. The van der Waals surface area contributed by atoms with Gasteiger partial charge in [0, 0.05) is 43.0 Å². The highest BCUT2D eigenvalue weighted by molar-refractivity contribution is 5.94. The first-order valence-electron chi connectivity index (χ1n) is 9.53. The van der Waals surface area contributed by atoms with Crippen molar-refractivity contribution in [3.8, 4) is 11.5 Å². The van der Waals surface area contributed by atoms with E-state index in [1.807, 2.05) is 45.2 Å². The second-order valence-corrected chi connectivity index (χ2v) is 8.04. The summed E-state index contributed by atoms with van der Waals surface area (Å²) in [6, 6.07) is 5.91. The van der Waals surface area contributed by atoms with Gasteiger partial charge in [-0.1, -0.05) is 0 Å². The van der Waals surface area contributed by atoms with Gasteiger partial charge in [0.15, 0.2) is 11.5 Å². The number of benzene rings is 1. The summed E-state index contributed by atoms with van der Waals surface area (Å²) in [4.78, 5) is 18.5. The zero-order valence-corrected chi connectivity index (χ0v) is 17.2. The molecule has 1 aromatic carbocycles. The standard InChI is InChI=1S/C21H29N3O4/c1-21(2,3)28-20(25)23-8-6-14-12-24(13-14)17-7-9-22-16-11-19(27-5)18(26-4)10-15(16)17/h7,9-11,14H,6,8,12-13H2,1-5H3,(H,23,25). The molecule has 1 amide bonds. The van der Waals surface area contributed by atoms with Crippen LogP contribution in [0.2, 0.25) is 0 Å². The highest BCUT2D eigenvalue weighted by atomic mass is 16.6. The molecule has 152 valence electrons. The molecule has 3 rings (SSSR count). The van der Waals surface area contributed by atoms with Crippen LogP contribution in [0.25, 0.3) is 10.9 Å². The summed E-state index contributed by atoms with van der Waals surface area (Å²) in [6.45, 7) is 8.10. The monoisotopic (exact) mass is 387 g/mol. The van der Waals surface area contributed by atoms with E-state index in [4.69, 9.17) is 14.2 Å². The molecule has 0 spiro atoms. The summed E-state index contributed by atoms with van der Waals surface area (Å²) >= 11 is 0. The molecule has 2 heterocycles. The number of rotatable bonds is 6. The molecule has 1 saturated heterocycles. The lowest BCUT2D eigenvalue weighted by Gasteiger charge is -2.41. The first kappa shape index (κ1) is 20.0. The lowest BCUT2D eigenvalue weighted by atomic mass is 9.95. The Morgan fingerprint density at radius 2 is 1.89 bits per heavy atom. The number of hydrogen-bond donors (Lipinski definition) is 1. The van der Waals surface area contributed by atoms with Crippen LogP contribution in [0.3, 0.4) is 0 Å². The molecule has 1 aromatic heterocycles. The van der Waals surface area contributed by atoms with Gasteiger partial charge in [0.2, 0.25) is 0 Å². The van der Waals surface area contributed by atoms with Crippen molar-refractivity contribution < 1.29 is 19.0 Å². The lowest BCUT2D eigenvalue weighted by molar-refractivity contribution is 0.0524. The molecule has 0 atom stereocenters. The molecule has 0 radical (unpaired) electrons. The maximum Gasteiger partial charge on any atom is 0.407 e. The topological polar surface area (TPSA) is 72.9 Å². The second kappa shape index (κ2) is 8.12. The van der Waals surface area contributed by atoms with Crippen molar-refractivity contribution in [2.75, 3.05) is 38.8 Å². The third-order valence-corrected chi connectivity index (χ3v) is 4.74. The van der Waals surface area contributed by atoms with Crippen molar-refractivity contribution in [1.82, 2.24) is 10.3 Å². The van der Waals surface area contributed by atoms with Crippen LogP contribution in [0.5, 0.6) is 11.5 Å². The van der Waals surface area contributed by atoms with Crippen LogP contribution < -0.4 is 19.7 Å². The number of aromatic nitrogens is 1. The van der Waals surface area contributed by atoms with E-state index in [1.54, 1.807) is 14.2 Å². The Labute approximate surface area is 166 Å². The Hall–Kier alpha value is -2.70. The van der Waals surface area contributed by atoms with E-state index in [0.717, 1.165) is 36.1 Å². The van der Waals surface area contributed by atoms with E-state index in [9.17, 15) is 4.79 Å². The number of fused-ring (bicyclic) bond motifs is 1. The third-order valence-electron chi connectivity index (χ3n) is 4.74. The summed E-state index contributed by atoms with van der Waals surface area (Å²) < 4.78 is 16.1. The zero-order chi connectivity index (χ0) is 20.3. The van der Waals surface area contributed by atoms with Gasteiger partial charge in [-0.15, -0.1) is 0 Å². The SMILES string of the molecule is COc1cc2nccc(N3CC(CCNC(=O)OC(C)(C)C)C3)c2cc1OC. The van der Waals surface area contributed by atoms with Crippen molar-refractivity contribution in [3.05, 3.63) is 24.4 Å². The number of anilines is 1. The van der Waals surface area contributed by atoms with Gasteiger partial charge in [-0.3, -0.25) is 4.98 Å². The zero-order valence-electron chi connectivity index (χ0n) is 17.2. The van der Waals surface area contributed by atoms with E-state index in [2.05, 4.69) is 15.2 Å². The fourth-order valence-electron chi connectivity index (χ4n) is 3.38. The molecular formula is C21H29N3O4. The minimum atomic E-state index is -0.469. The minimum Gasteiger partial charge on any atom is -0.493 e. The summed E-state index contributed by atoms with van der Waals surface area (Å²) in [5.74, 6) is 1.91. The van der Waals surface area contributed by atoms with E-state index in [-0.39, 0.29) is 6.09 Å². The lowest BCUT2D eigenvalue weighted by Crippen LogP contribution is -2.48. The van der Waals surface area contributed by atoms with Crippen molar-refractivity contribution in [1.29, 1.82) is 0 Å². The van der Waals surface area contributed by atoms with Crippen LogP contribution in [0.15, 0.2) is 24.4 Å². The number of nitrogens with zero attached hydrogens (tertiary/aromatic N) is 2. The van der Waals surface area contributed by atoms with E-state index < -0.39 is 5.60 Å². The molecule has 0 aliphatic carbocycles. The van der Waals surface area contributed by atoms with Gasteiger partial charge in [0.25, 0.3) is 0 Å². The molecule has 0 saturated carbocycles. The number of alkyl carbamates (subject to hydrolysis) is 1. The normalized spacial score (nSPS) is 14.5. The number of hydrogen-bond acceptors (Lipinski definition) is 6. The Morgan fingerprint density at radius 1 is 1.21 bits per heavy atom. The maximum atomic E-state index is 11.7. The van der Waals surface area contributed by atoms with Gasteiger partial charge in [-0.2, -0.15) is 0 Å². The van der Waals surface area contributed by atoms with E-state index in [0.29, 0.717) is 24.0 Å². The number of amides is 1. The number of nitrogens with one attached hydrogen (secondary N) is 1. The smallest absolute Gasteiger partial charge is 0.407 e. The highest BCUT2D eigenvalue weighted by Crippen LogP contribution is 2.37. The quantitative estimate of drug-likeness (QED) is 0.816. The van der Waals surface area contributed by atoms with Crippen LogP contribution in [-0.4, -0.2) is 50.5 Å². The van der Waals surface area contributed by atoms with Crippen LogP contribution in [0, 0.1) is 5.92 Å². The number of methoxy groups -OCH3 is 2. The fourth-order valence-corrected chi connectivity index (χ4v) is 3.38. The third kappa shape index (κ3) is 4.58. The summed E-state index contributed by atoms with van der Waals surface area (Å²) in [7, 11) is 3.26. The summed E-state index contributed by atoms with van der Waals surface area (Å²) in [5.41, 5.74) is 1.55. The van der Waals surface area contributed by atoms with E-state index in [1.165, 1.54) is 0 Å².